The monoisotopic (exact) mass is 282 g/mol. The predicted molar refractivity (Wildman–Crippen MR) is 76.3 cm³/mol. The second-order valence-corrected chi connectivity index (χ2v) is 6.95. The molecule has 0 aromatic rings. The largest absolute Gasteiger partial charge is 0.444 e. The van der Waals surface area contributed by atoms with Crippen molar-refractivity contribution >= 4 is 12.0 Å². The number of nitrogens with zero attached hydrogens (tertiary/aromatic N) is 2. The average Bonchev–Trinajstić information content (AvgIpc) is 2.73. The summed E-state index contributed by atoms with van der Waals surface area (Å²) in [6, 6.07) is 0.281. The Hall–Kier alpha value is -1.26. The Balaban J connectivity index is 1.92. The number of carbonyl (C=O) groups is 2. The highest BCUT2D eigenvalue weighted by atomic mass is 16.6. The van der Waals surface area contributed by atoms with Crippen LogP contribution in [-0.2, 0) is 9.53 Å². The molecule has 2 atom stereocenters. The number of rotatable bonds is 1. The van der Waals surface area contributed by atoms with Crippen molar-refractivity contribution in [2.75, 3.05) is 19.6 Å². The molecule has 5 heteroatoms. The molecule has 2 unspecified atom stereocenters. The number of likely N-dealkylation sites (tertiary alicyclic amines) is 2. The van der Waals surface area contributed by atoms with E-state index in [1.165, 1.54) is 0 Å². The highest BCUT2D eigenvalue weighted by Crippen LogP contribution is 2.27. The highest BCUT2D eigenvalue weighted by molar-refractivity contribution is 5.78. The summed E-state index contributed by atoms with van der Waals surface area (Å²) < 4.78 is 5.41. The SMILES string of the molecule is CC1CN(C(=O)OC(C)(C)C)CCC1N1CCCC1=O. The van der Waals surface area contributed by atoms with Gasteiger partial charge < -0.3 is 14.5 Å². The van der Waals surface area contributed by atoms with E-state index in [9.17, 15) is 9.59 Å². The summed E-state index contributed by atoms with van der Waals surface area (Å²) in [5.41, 5.74) is -0.456. The lowest BCUT2D eigenvalue weighted by molar-refractivity contribution is -0.131. The van der Waals surface area contributed by atoms with E-state index in [0.717, 1.165) is 19.4 Å². The first-order valence-electron chi connectivity index (χ1n) is 7.55. The number of hydrogen-bond donors (Lipinski definition) is 0. The van der Waals surface area contributed by atoms with Gasteiger partial charge in [-0.25, -0.2) is 4.79 Å². The first-order chi connectivity index (χ1) is 9.28. The first kappa shape index (κ1) is 15.1. The number of amides is 2. The van der Waals surface area contributed by atoms with Crippen LogP contribution < -0.4 is 0 Å². The number of hydrogen-bond acceptors (Lipinski definition) is 3. The van der Waals surface area contributed by atoms with E-state index < -0.39 is 5.60 Å². The van der Waals surface area contributed by atoms with Gasteiger partial charge in [0.2, 0.25) is 5.91 Å². The number of ether oxygens (including phenoxy) is 1. The minimum atomic E-state index is -0.456. The Morgan fingerprint density at radius 1 is 1.30 bits per heavy atom. The molecule has 114 valence electrons. The summed E-state index contributed by atoms with van der Waals surface area (Å²) in [5.74, 6) is 0.575. The lowest BCUT2D eigenvalue weighted by Crippen LogP contribution is -2.52. The molecule has 2 amide bonds. The molecule has 2 fully saturated rings. The summed E-state index contributed by atoms with van der Waals surface area (Å²) in [6.07, 6.45) is 2.26. The highest BCUT2D eigenvalue weighted by Gasteiger charge is 2.37. The minimum absolute atomic E-state index is 0.240. The van der Waals surface area contributed by atoms with E-state index in [-0.39, 0.29) is 18.0 Å². The third-order valence-electron chi connectivity index (χ3n) is 4.02. The van der Waals surface area contributed by atoms with Crippen LogP contribution in [0.1, 0.15) is 47.0 Å². The van der Waals surface area contributed by atoms with Crippen LogP contribution in [0.5, 0.6) is 0 Å². The van der Waals surface area contributed by atoms with Crippen LogP contribution in [0.4, 0.5) is 4.79 Å². The summed E-state index contributed by atoms with van der Waals surface area (Å²) in [7, 11) is 0. The second kappa shape index (κ2) is 5.62. The van der Waals surface area contributed by atoms with Gasteiger partial charge in [-0.2, -0.15) is 0 Å². The van der Waals surface area contributed by atoms with Crippen molar-refractivity contribution in [3.8, 4) is 0 Å². The van der Waals surface area contributed by atoms with E-state index in [1.54, 1.807) is 4.90 Å². The molecular formula is C15H26N2O3. The molecule has 2 heterocycles. The van der Waals surface area contributed by atoms with Gasteiger partial charge in [0.05, 0.1) is 0 Å². The van der Waals surface area contributed by atoms with Crippen LogP contribution in [0, 0.1) is 5.92 Å². The van der Waals surface area contributed by atoms with Gasteiger partial charge >= 0.3 is 6.09 Å². The molecular weight excluding hydrogens is 256 g/mol. The number of piperidine rings is 1. The van der Waals surface area contributed by atoms with Gasteiger partial charge in [0.15, 0.2) is 0 Å². The van der Waals surface area contributed by atoms with Crippen LogP contribution in [-0.4, -0.2) is 53.1 Å². The quantitative estimate of drug-likeness (QED) is 0.741. The van der Waals surface area contributed by atoms with Crippen molar-refractivity contribution < 1.29 is 14.3 Å². The average molecular weight is 282 g/mol. The van der Waals surface area contributed by atoms with E-state index in [0.29, 0.717) is 25.4 Å². The zero-order valence-corrected chi connectivity index (χ0v) is 13.0. The molecule has 20 heavy (non-hydrogen) atoms. The maximum Gasteiger partial charge on any atom is 0.410 e. The van der Waals surface area contributed by atoms with Crippen molar-refractivity contribution in [3.63, 3.8) is 0 Å². The lowest BCUT2D eigenvalue weighted by atomic mass is 9.93. The minimum Gasteiger partial charge on any atom is -0.444 e. The molecule has 2 rings (SSSR count). The summed E-state index contributed by atoms with van der Waals surface area (Å²) in [4.78, 5) is 27.7. The molecule has 0 aromatic carbocycles. The molecule has 5 nitrogen and oxygen atoms in total. The lowest BCUT2D eigenvalue weighted by Gasteiger charge is -2.41. The molecule has 2 aliphatic heterocycles. The van der Waals surface area contributed by atoms with Gasteiger partial charge in [-0.05, 0) is 39.5 Å². The van der Waals surface area contributed by atoms with Crippen LogP contribution in [0.3, 0.4) is 0 Å². The molecule has 0 aromatic heterocycles. The maximum atomic E-state index is 12.1. The van der Waals surface area contributed by atoms with E-state index >= 15 is 0 Å². The Kier molecular flexibility index (Phi) is 4.25. The Morgan fingerprint density at radius 3 is 2.50 bits per heavy atom. The Bertz CT molecular complexity index is 389. The molecule has 2 aliphatic rings. The molecule has 0 radical (unpaired) electrons. The summed E-state index contributed by atoms with van der Waals surface area (Å²) in [6.45, 7) is 9.97. The smallest absolute Gasteiger partial charge is 0.410 e. The van der Waals surface area contributed by atoms with Crippen molar-refractivity contribution in [1.82, 2.24) is 9.80 Å². The normalized spacial score (nSPS) is 27.9. The fourth-order valence-electron chi connectivity index (χ4n) is 3.11. The third-order valence-corrected chi connectivity index (χ3v) is 4.02. The van der Waals surface area contributed by atoms with Gasteiger partial charge in [-0.15, -0.1) is 0 Å². The van der Waals surface area contributed by atoms with E-state index in [1.807, 2.05) is 25.7 Å². The van der Waals surface area contributed by atoms with Gasteiger partial charge in [0, 0.05) is 32.1 Å². The predicted octanol–water partition coefficient (Wildman–Crippen LogP) is 2.25. The van der Waals surface area contributed by atoms with E-state index in [4.69, 9.17) is 4.74 Å². The summed E-state index contributed by atoms with van der Waals surface area (Å²) in [5, 5.41) is 0. The Morgan fingerprint density at radius 2 is 2.00 bits per heavy atom. The zero-order chi connectivity index (χ0) is 14.9. The van der Waals surface area contributed by atoms with Crippen LogP contribution in [0.15, 0.2) is 0 Å². The molecule has 0 N–H and O–H groups in total. The zero-order valence-electron chi connectivity index (χ0n) is 13.0. The van der Waals surface area contributed by atoms with Crippen molar-refractivity contribution in [1.29, 1.82) is 0 Å². The molecule has 0 bridgehead atoms. The molecule has 2 saturated heterocycles. The standard InChI is InChI=1S/C15H26N2O3/c1-11-10-16(14(19)20-15(2,3)4)9-7-12(11)17-8-5-6-13(17)18/h11-12H,5-10H2,1-4H3. The van der Waals surface area contributed by atoms with Crippen molar-refractivity contribution in [2.24, 2.45) is 5.92 Å². The van der Waals surface area contributed by atoms with Crippen LogP contribution in [0.25, 0.3) is 0 Å². The van der Waals surface area contributed by atoms with Crippen molar-refractivity contribution in [2.45, 2.75) is 58.6 Å². The third kappa shape index (κ3) is 3.44. The number of carbonyl (C=O) groups excluding carboxylic acids is 2. The van der Waals surface area contributed by atoms with Crippen LogP contribution in [0.2, 0.25) is 0 Å². The van der Waals surface area contributed by atoms with E-state index in [2.05, 4.69) is 6.92 Å². The van der Waals surface area contributed by atoms with Crippen LogP contribution >= 0.6 is 0 Å². The van der Waals surface area contributed by atoms with Gasteiger partial charge in [0.25, 0.3) is 0 Å². The van der Waals surface area contributed by atoms with Gasteiger partial charge in [-0.1, -0.05) is 6.92 Å². The molecule has 0 spiro atoms. The fraction of sp³-hybridized carbons (Fsp3) is 0.867. The van der Waals surface area contributed by atoms with Gasteiger partial charge in [-0.3, -0.25) is 4.79 Å². The molecule has 0 aliphatic carbocycles. The summed E-state index contributed by atoms with van der Waals surface area (Å²) >= 11 is 0. The Labute approximate surface area is 121 Å². The van der Waals surface area contributed by atoms with Gasteiger partial charge in [0.1, 0.15) is 5.60 Å². The second-order valence-electron chi connectivity index (χ2n) is 6.95. The maximum absolute atomic E-state index is 12.1. The first-order valence-corrected chi connectivity index (χ1v) is 7.55. The molecule has 0 saturated carbocycles. The topological polar surface area (TPSA) is 49.9 Å². The fourth-order valence-corrected chi connectivity index (χ4v) is 3.11. The van der Waals surface area contributed by atoms with Crippen molar-refractivity contribution in [3.05, 3.63) is 0 Å².